The highest BCUT2D eigenvalue weighted by molar-refractivity contribution is 9.10. The minimum absolute atomic E-state index is 0.0783. The van der Waals surface area contributed by atoms with E-state index in [9.17, 15) is 9.18 Å². The molecular weight excluding hydrogens is 425 g/mol. The van der Waals surface area contributed by atoms with Gasteiger partial charge < -0.3 is 9.64 Å². The summed E-state index contributed by atoms with van der Waals surface area (Å²) in [5, 5.41) is 0.828. The molecule has 0 radical (unpaired) electrons. The van der Waals surface area contributed by atoms with Gasteiger partial charge >= 0.3 is 0 Å². The van der Waals surface area contributed by atoms with Crippen LogP contribution in [0.25, 0.3) is 10.9 Å². The summed E-state index contributed by atoms with van der Waals surface area (Å²) in [6, 6.07) is 7.06. The summed E-state index contributed by atoms with van der Waals surface area (Å²) in [4.78, 5) is 23.5. The quantitative estimate of drug-likeness (QED) is 0.593. The van der Waals surface area contributed by atoms with Crippen molar-refractivity contribution >= 4 is 38.4 Å². The van der Waals surface area contributed by atoms with Crippen LogP contribution in [0.1, 0.15) is 29.9 Å². The maximum absolute atomic E-state index is 14.0. The average molecular weight is 442 g/mol. The van der Waals surface area contributed by atoms with Gasteiger partial charge in [-0.2, -0.15) is 0 Å². The zero-order valence-electron chi connectivity index (χ0n) is 15.4. The Morgan fingerprint density at radius 3 is 2.82 bits per heavy atom. The molecule has 3 heterocycles. The Balaban J connectivity index is 1.62. The number of pyridine rings is 2. The van der Waals surface area contributed by atoms with Gasteiger partial charge in [0.2, 0.25) is 11.8 Å². The Morgan fingerprint density at radius 1 is 1.29 bits per heavy atom. The average Bonchev–Trinajstić information content (AvgIpc) is 2.90. The number of hydrogen-bond acceptors (Lipinski definition) is 4. The van der Waals surface area contributed by atoms with Crippen LogP contribution in [0.4, 0.5) is 10.1 Å². The van der Waals surface area contributed by atoms with E-state index in [1.165, 1.54) is 6.07 Å². The first-order chi connectivity index (χ1) is 13.4. The van der Waals surface area contributed by atoms with Crippen molar-refractivity contribution in [2.24, 2.45) is 0 Å². The van der Waals surface area contributed by atoms with Gasteiger partial charge in [0.15, 0.2) is 0 Å². The van der Waals surface area contributed by atoms with E-state index in [-0.39, 0.29) is 17.6 Å². The second-order valence-electron chi connectivity index (χ2n) is 7.48. The summed E-state index contributed by atoms with van der Waals surface area (Å²) in [6.45, 7) is 0. The molecule has 0 N–H and O–H groups in total. The van der Waals surface area contributed by atoms with Crippen molar-refractivity contribution in [2.45, 2.75) is 24.2 Å². The predicted octanol–water partition coefficient (Wildman–Crippen LogP) is 4.33. The van der Waals surface area contributed by atoms with E-state index in [1.54, 1.807) is 37.5 Å². The molecular formula is C21H17BrFN3O2. The summed E-state index contributed by atoms with van der Waals surface area (Å²) >= 11 is 3.27. The number of rotatable bonds is 2. The summed E-state index contributed by atoms with van der Waals surface area (Å²) < 4.78 is 19.6. The molecule has 1 aliphatic carbocycles. The number of benzene rings is 1. The molecule has 0 unspecified atom stereocenters. The van der Waals surface area contributed by atoms with Crippen molar-refractivity contribution in [2.75, 3.05) is 19.1 Å². The number of carbonyl (C=O) groups is 1. The molecule has 0 saturated heterocycles. The van der Waals surface area contributed by atoms with E-state index in [4.69, 9.17) is 4.74 Å². The molecule has 5 nitrogen and oxygen atoms in total. The fourth-order valence-electron chi connectivity index (χ4n) is 4.66. The van der Waals surface area contributed by atoms with E-state index in [0.29, 0.717) is 28.7 Å². The maximum Gasteiger partial charge on any atom is 0.237 e. The van der Waals surface area contributed by atoms with Gasteiger partial charge in [-0.3, -0.25) is 9.78 Å². The van der Waals surface area contributed by atoms with Gasteiger partial charge in [-0.1, -0.05) is 0 Å². The minimum Gasteiger partial charge on any atom is -0.481 e. The van der Waals surface area contributed by atoms with E-state index in [1.807, 2.05) is 12.1 Å². The number of aromatic nitrogens is 2. The van der Waals surface area contributed by atoms with E-state index in [2.05, 4.69) is 25.9 Å². The second-order valence-corrected chi connectivity index (χ2v) is 8.34. The van der Waals surface area contributed by atoms with Crippen LogP contribution in [0, 0.1) is 5.82 Å². The Kier molecular flexibility index (Phi) is 3.75. The van der Waals surface area contributed by atoms with Crippen molar-refractivity contribution in [3.63, 3.8) is 0 Å². The molecule has 1 spiro atoms. The number of amides is 1. The summed E-state index contributed by atoms with van der Waals surface area (Å²) in [7, 11) is 3.38. The fourth-order valence-corrected chi connectivity index (χ4v) is 5.00. The number of carbonyl (C=O) groups excluding carboxylic acids is 1. The van der Waals surface area contributed by atoms with Gasteiger partial charge in [0, 0.05) is 36.3 Å². The molecule has 1 amide bonds. The van der Waals surface area contributed by atoms with Gasteiger partial charge in [0.25, 0.3) is 0 Å². The summed E-state index contributed by atoms with van der Waals surface area (Å²) in [6.07, 6.45) is 4.81. The fraction of sp³-hybridized carbons (Fsp3) is 0.286. The van der Waals surface area contributed by atoms with E-state index < -0.39 is 5.41 Å². The lowest BCUT2D eigenvalue weighted by Crippen LogP contribution is -2.47. The first kappa shape index (κ1) is 17.6. The minimum atomic E-state index is -0.594. The van der Waals surface area contributed by atoms with Crippen molar-refractivity contribution in [1.29, 1.82) is 0 Å². The third-order valence-electron chi connectivity index (χ3n) is 6.07. The van der Waals surface area contributed by atoms with E-state index >= 15 is 0 Å². The highest BCUT2D eigenvalue weighted by atomic mass is 79.9. The van der Waals surface area contributed by atoms with Crippen LogP contribution in [0.2, 0.25) is 0 Å². The van der Waals surface area contributed by atoms with Gasteiger partial charge in [-0.05, 0) is 52.4 Å². The number of fused-ring (bicyclic) bond motifs is 4. The van der Waals surface area contributed by atoms with Crippen LogP contribution < -0.4 is 9.64 Å². The molecule has 2 aromatic heterocycles. The third-order valence-corrected chi connectivity index (χ3v) is 6.68. The molecule has 142 valence electrons. The first-order valence-electron chi connectivity index (χ1n) is 9.01. The van der Waals surface area contributed by atoms with Crippen LogP contribution in [0.15, 0.2) is 41.1 Å². The number of ether oxygens (including phenoxy) is 1. The topological polar surface area (TPSA) is 55.3 Å². The van der Waals surface area contributed by atoms with Crippen LogP contribution in [0.3, 0.4) is 0 Å². The molecule has 1 aliphatic heterocycles. The van der Waals surface area contributed by atoms with Crippen LogP contribution in [-0.4, -0.2) is 30.0 Å². The van der Waals surface area contributed by atoms with Gasteiger partial charge in [-0.25, -0.2) is 9.37 Å². The van der Waals surface area contributed by atoms with Gasteiger partial charge in [0.1, 0.15) is 5.82 Å². The lowest BCUT2D eigenvalue weighted by molar-refractivity contribution is -0.126. The second kappa shape index (κ2) is 5.98. The van der Waals surface area contributed by atoms with Crippen LogP contribution in [-0.2, 0) is 10.2 Å². The Morgan fingerprint density at radius 2 is 2.07 bits per heavy atom. The highest BCUT2D eigenvalue weighted by Crippen LogP contribution is 2.60. The van der Waals surface area contributed by atoms with Gasteiger partial charge in [-0.15, -0.1) is 0 Å². The molecule has 1 saturated carbocycles. The lowest BCUT2D eigenvalue weighted by atomic mass is 9.57. The van der Waals surface area contributed by atoms with Crippen molar-refractivity contribution in [1.82, 2.24) is 9.97 Å². The predicted molar refractivity (Wildman–Crippen MR) is 107 cm³/mol. The smallest absolute Gasteiger partial charge is 0.237 e. The number of anilines is 1. The monoisotopic (exact) mass is 441 g/mol. The van der Waals surface area contributed by atoms with Crippen molar-refractivity contribution in [3.05, 3.63) is 58.1 Å². The number of nitrogens with zero attached hydrogens (tertiary/aromatic N) is 3. The summed E-state index contributed by atoms with van der Waals surface area (Å²) in [5.41, 5.74) is 2.86. The molecule has 7 heteroatoms. The first-order valence-corrected chi connectivity index (χ1v) is 9.80. The zero-order valence-corrected chi connectivity index (χ0v) is 17.0. The normalized spacial score (nSPS) is 23.2. The maximum atomic E-state index is 14.0. The molecule has 0 atom stereocenters. The van der Waals surface area contributed by atoms with Gasteiger partial charge in [0.05, 0.1) is 34.4 Å². The lowest BCUT2D eigenvalue weighted by Gasteiger charge is -2.44. The summed E-state index contributed by atoms with van der Waals surface area (Å²) in [5.74, 6) is 0.534. The SMILES string of the molecule is COc1cc([C@H]2C[C@]3(C2)C(=O)N(C)c2cnc4cc(F)c(Br)cc4c23)ccn1. The van der Waals surface area contributed by atoms with Crippen molar-refractivity contribution in [3.8, 4) is 5.88 Å². The van der Waals surface area contributed by atoms with Crippen LogP contribution >= 0.6 is 15.9 Å². The molecule has 5 rings (SSSR count). The Bertz CT molecular complexity index is 1140. The number of methoxy groups -OCH3 is 1. The largest absolute Gasteiger partial charge is 0.481 e. The standard InChI is InChI=1S/C21H17BrFN3O2/c1-26-17-10-25-16-7-15(23)14(22)6-13(16)19(17)21(20(26)27)8-12(9-21)11-3-4-24-18(5-11)28-2/h3-7,10,12H,8-9H2,1-2H3/t12-,21+. The number of likely N-dealkylation sites (N-methyl/N-ethyl adjacent to an activating group) is 1. The Labute approximate surface area is 169 Å². The molecule has 28 heavy (non-hydrogen) atoms. The third kappa shape index (κ3) is 2.25. The number of halogens is 2. The van der Waals surface area contributed by atoms with E-state index in [0.717, 1.165) is 22.2 Å². The molecule has 1 aromatic carbocycles. The number of hydrogen-bond donors (Lipinski definition) is 0. The Hall–Kier alpha value is -2.54. The van der Waals surface area contributed by atoms with Crippen molar-refractivity contribution < 1.29 is 13.9 Å². The molecule has 3 aromatic rings. The molecule has 2 aliphatic rings. The zero-order chi connectivity index (χ0) is 19.6. The van der Waals surface area contributed by atoms with Crippen LogP contribution in [0.5, 0.6) is 5.88 Å². The molecule has 0 bridgehead atoms. The molecule has 1 fully saturated rings. The highest BCUT2D eigenvalue weighted by Gasteiger charge is 2.58.